The first-order valence-corrected chi connectivity index (χ1v) is 7.22. The molecule has 2 rings (SSSR count). The summed E-state index contributed by atoms with van der Waals surface area (Å²) in [6.07, 6.45) is 0. The fourth-order valence-electron chi connectivity index (χ4n) is 1.70. The number of halogens is 3. The monoisotopic (exact) mass is 330 g/mol. The molecule has 2 aromatic rings. The van der Waals surface area contributed by atoms with Gasteiger partial charge in [0.1, 0.15) is 18.1 Å². The number of alkyl halides is 1. The molecule has 0 aliphatic rings. The lowest BCUT2D eigenvalue weighted by Gasteiger charge is -2.12. The highest BCUT2D eigenvalue weighted by Gasteiger charge is 2.07. The van der Waals surface area contributed by atoms with Crippen LogP contribution in [-0.2, 0) is 12.5 Å². The van der Waals surface area contributed by atoms with E-state index in [1.165, 1.54) is 0 Å². The van der Waals surface area contributed by atoms with Crippen molar-refractivity contribution >= 4 is 34.8 Å². The Bertz CT molecular complexity index is 600. The van der Waals surface area contributed by atoms with Gasteiger partial charge in [-0.2, -0.15) is 0 Å². The Kier molecular flexibility index (Phi) is 5.41. The molecule has 2 nitrogen and oxygen atoms in total. The maximum absolute atomic E-state index is 6.11. The molecular formula is C15H13Cl3O2. The topological polar surface area (TPSA) is 18.5 Å². The SMILES string of the molecule is COc1ccc(CCl)c(OCc2ccc(Cl)cc2Cl)c1. The molecule has 0 aliphatic heterocycles. The third-order valence-electron chi connectivity index (χ3n) is 2.82. The summed E-state index contributed by atoms with van der Waals surface area (Å²) in [7, 11) is 1.61. The lowest BCUT2D eigenvalue weighted by Crippen LogP contribution is -1.99. The molecule has 0 spiro atoms. The maximum Gasteiger partial charge on any atom is 0.127 e. The third-order valence-corrected chi connectivity index (χ3v) is 3.69. The fourth-order valence-corrected chi connectivity index (χ4v) is 2.38. The zero-order valence-electron chi connectivity index (χ0n) is 10.8. The van der Waals surface area contributed by atoms with Gasteiger partial charge >= 0.3 is 0 Å². The summed E-state index contributed by atoms with van der Waals surface area (Å²) in [5.74, 6) is 1.77. The van der Waals surface area contributed by atoms with Crippen molar-refractivity contribution in [2.24, 2.45) is 0 Å². The van der Waals surface area contributed by atoms with Gasteiger partial charge in [0.05, 0.1) is 13.0 Å². The summed E-state index contributed by atoms with van der Waals surface area (Å²) in [4.78, 5) is 0. The maximum atomic E-state index is 6.11. The van der Waals surface area contributed by atoms with E-state index in [4.69, 9.17) is 44.3 Å². The van der Waals surface area contributed by atoms with Gasteiger partial charge in [0.15, 0.2) is 0 Å². The molecule has 106 valence electrons. The summed E-state index contributed by atoms with van der Waals surface area (Å²) >= 11 is 17.9. The largest absolute Gasteiger partial charge is 0.497 e. The average molecular weight is 332 g/mol. The van der Waals surface area contributed by atoms with Gasteiger partial charge in [-0.05, 0) is 18.2 Å². The van der Waals surface area contributed by atoms with E-state index >= 15 is 0 Å². The molecule has 0 atom stereocenters. The van der Waals surface area contributed by atoms with Crippen LogP contribution in [0.1, 0.15) is 11.1 Å². The second kappa shape index (κ2) is 7.07. The lowest BCUT2D eigenvalue weighted by atomic mass is 10.2. The minimum absolute atomic E-state index is 0.340. The molecule has 2 aromatic carbocycles. The molecule has 20 heavy (non-hydrogen) atoms. The number of ether oxygens (including phenoxy) is 2. The van der Waals surface area contributed by atoms with Gasteiger partial charge in [0.2, 0.25) is 0 Å². The molecule has 0 aromatic heterocycles. The van der Waals surface area contributed by atoms with Crippen LogP contribution in [-0.4, -0.2) is 7.11 Å². The Balaban J connectivity index is 2.17. The smallest absolute Gasteiger partial charge is 0.127 e. The zero-order valence-corrected chi connectivity index (χ0v) is 13.1. The number of hydrogen-bond acceptors (Lipinski definition) is 2. The molecule has 0 radical (unpaired) electrons. The lowest BCUT2D eigenvalue weighted by molar-refractivity contribution is 0.301. The molecule has 0 fully saturated rings. The van der Waals surface area contributed by atoms with Gasteiger partial charge < -0.3 is 9.47 Å². The second-order valence-corrected chi connectivity index (χ2v) is 5.24. The molecule has 0 heterocycles. The van der Waals surface area contributed by atoms with Crippen molar-refractivity contribution in [3.63, 3.8) is 0 Å². The van der Waals surface area contributed by atoms with E-state index in [9.17, 15) is 0 Å². The van der Waals surface area contributed by atoms with Crippen LogP contribution < -0.4 is 9.47 Å². The molecule has 5 heteroatoms. The summed E-state index contributed by atoms with van der Waals surface area (Å²) < 4.78 is 11.0. The van der Waals surface area contributed by atoms with E-state index in [0.29, 0.717) is 28.3 Å². The summed E-state index contributed by atoms with van der Waals surface area (Å²) in [5.41, 5.74) is 1.76. The highest BCUT2D eigenvalue weighted by molar-refractivity contribution is 6.35. The number of benzene rings is 2. The first-order valence-electron chi connectivity index (χ1n) is 5.93. The molecule has 0 bridgehead atoms. The van der Waals surface area contributed by atoms with Crippen molar-refractivity contribution < 1.29 is 9.47 Å². The van der Waals surface area contributed by atoms with Crippen molar-refractivity contribution in [3.8, 4) is 11.5 Å². The van der Waals surface area contributed by atoms with E-state index in [2.05, 4.69) is 0 Å². The number of rotatable bonds is 5. The van der Waals surface area contributed by atoms with Gasteiger partial charge in [-0.3, -0.25) is 0 Å². The first kappa shape index (κ1) is 15.3. The van der Waals surface area contributed by atoms with Gasteiger partial charge in [-0.15, -0.1) is 11.6 Å². The van der Waals surface area contributed by atoms with Crippen LogP contribution in [0.15, 0.2) is 36.4 Å². The summed E-state index contributed by atoms with van der Waals surface area (Å²) in [6, 6.07) is 10.8. The molecule has 0 N–H and O–H groups in total. The first-order chi connectivity index (χ1) is 9.63. The third kappa shape index (κ3) is 3.72. The van der Waals surface area contributed by atoms with Gasteiger partial charge in [-0.25, -0.2) is 0 Å². The predicted molar refractivity (Wildman–Crippen MR) is 83.3 cm³/mol. The quantitative estimate of drug-likeness (QED) is 0.690. The van der Waals surface area contributed by atoms with Gasteiger partial charge in [-0.1, -0.05) is 35.3 Å². The van der Waals surface area contributed by atoms with Crippen molar-refractivity contribution in [1.82, 2.24) is 0 Å². The minimum Gasteiger partial charge on any atom is -0.497 e. The summed E-state index contributed by atoms with van der Waals surface area (Å²) in [5, 5.41) is 1.18. The van der Waals surface area contributed by atoms with Crippen LogP contribution in [0, 0.1) is 0 Å². The van der Waals surface area contributed by atoms with Crippen molar-refractivity contribution in [2.45, 2.75) is 12.5 Å². The van der Waals surface area contributed by atoms with Crippen LogP contribution in [0.5, 0.6) is 11.5 Å². The van der Waals surface area contributed by atoms with Gasteiger partial charge in [0, 0.05) is 27.2 Å². The van der Waals surface area contributed by atoms with Crippen LogP contribution in [0.25, 0.3) is 0 Å². The van der Waals surface area contributed by atoms with Crippen molar-refractivity contribution in [2.75, 3.05) is 7.11 Å². The Morgan fingerprint density at radius 1 is 1.00 bits per heavy atom. The van der Waals surface area contributed by atoms with E-state index in [1.54, 1.807) is 19.2 Å². The fraction of sp³-hybridized carbons (Fsp3) is 0.200. The normalized spacial score (nSPS) is 10.4. The molecule has 0 saturated heterocycles. The highest BCUT2D eigenvalue weighted by atomic mass is 35.5. The van der Waals surface area contributed by atoms with Gasteiger partial charge in [0.25, 0.3) is 0 Å². The van der Waals surface area contributed by atoms with Crippen LogP contribution in [0.2, 0.25) is 10.0 Å². The van der Waals surface area contributed by atoms with Crippen molar-refractivity contribution in [1.29, 1.82) is 0 Å². The Morgan fingerprint density at radius 2 is 1.75 bits per heavy atom. The second-order valence-electron chi connectivity index (χ2n) is 4.13. The highest BCUT2D eigenvalue weighted by Crippen LogP contribution is 2.28. The summed E-state index contributed by atoms with van der Waals surface area (Å²) in [6.45, 7) is 0.340. The zero-order chi connectivity index (χ0) is 14.5. The Hall–Kier alpha value is -1.09. The molecule has 0 amide bonds. The Morgan fingerprint density at radius 3 is 2.40 bits per heavy atom. The Labute approximate surface area is 133 Å². The van der Waals surface area contributed by atoms with Crippen LogP contribution in [0.3, 0.4) is 0 Å². The predicted octanol–water partition coefficient (Wildman–Crippen LogP) is 5.32. The van der Waals surface area contributed by atoms with E-state index in [1.807, 2.05) is 24.3 Å². The van der Waals surface area contributed by atoms with Crippen LogP contribution in [0.4, 0.5) is 0 Å². The molecule has 0 saturated carbocycles. The number of methoxy groups -OCH3 is 1. The standard InChI is InChI=1S/C15H13Cl3O2/c1-19-13-5-3-10(8-16)15(7-13)20-9-11-2-4-12(17)6-14(11)18/h2-7H,8-9H2,1H3. The van der Waals surface area contributed by atoms with Crippen molar-refractivity contribution in [3.05, 3.63) is 57.6 Å². The average Bonchev–Trinajstić information content (AvgIpc) is 2.46. The minimum atomic E-state index is 0.340. The molecule has 0 unspecified atom stereocenters. The molecular weight excluding hydrogens is 319 g/mol. The van der Waals surface area contributed by atoms with E-state index in [0.717, 1.165) is 16.9 Å². The molecule has 0 aliphatic carbocycles. The van der Waals surface area contributed by atoms with E-state index < -0.39 is 0 Å². The van der Waals surface area contributed by atoms with E-state index in [-0.39, 0.29) is 0 Å². The number of hydrogen-bond donors (Lipinski definition) is 0. The van der Waals surface area contributed by atoms with Crippen LogP contribution >= 0.6 is 34.8 Å².